The van der Waals surface area contributed by atoms with Gasteiger partial charge in [-0.3, -0.25) is 9.59 Å². The minimum absolute atomic E-state index is 0.127. The van der Waals surface area contributed by atoms with E-state index in [4.69, 9.17) is 9.47 Å². The fraction of sp³-hybridized carbons (Fsp3) is 0.167. The minimum atomic E-state index is -0.340. The number of nitrogens with one attached hydrogen (secondary N) is 2. The van der Waals surface area contributed by atoms with Crippen LogP contribution in [0.2, 0.25) is 0 Å². The molecule has 2 N–H and O–H groups in total. The molecule has 0 saturated heterocycles. The van der Waals surface area contributed by atoms with Gasteiger partial charge in [-0.05, 0) is 56.3 Å². The molecule has 0 spiro atoms. The van der Waals surface area contributed by atoms with Crippen molar-refractivity contribution in [2.24, 2.45) is 0 Å². The lowest BCUT2D eigenvalue weighted by atomic mass is 10.1. The van der Waals surface area contributed by atoms with Gasteiger partial charge in [0.1, 0.15) is 0 Å². The van der Waals surface area contributed by atoms with Gasteiger partial charge in [0.15, 0.2) is 11.5 Å². The van der Waals surface area contributed by atoms with E-state index >= 15 is 0 Å². The summed E-state index contributed by atoms with van der Waals surface area (Å²) in [5, 5.41) is 5.47. The fourth-order valence-corrected chi connectivity index (χ4v) is 4.04. The SMILES string of the molecule is Cc1cccc(C(=O)Nc2cccc(SC(C)C(=O)Nc3ccc4c(c3)OCO4)c2)c1. The summed E-state index contributed by atoms with van der Waals surface area (Å²) in [5.41, 5.74) is 2.97. The smallest absolute Gasteiger partial charge is 0.255 e. The van der Waals surface area contributed by atoms with Gasteiger partial charge < -0.3 is 20.1 Å². The average molecular weight is 435 g/mol. The van der Waals surface area contributed by atoms with Crippen molar-refractivity contribution in [2.45, 2.75) is 24.0 Å². The van der Waals surface area contributed by atoms with Gasteiger partial charge in [0.2, 0.25) is 12.7 Å². The van der Waals surface area contributed by atoms with Crippen LogP contribution in [-0.2, 0) is 4.79 Å². The molecule has 6 nitrogen and oxygen atoms in total. The number of hydrogen-bond donors (Lipinski definition) is 2. The van der Waals surface area contributed by atoms with Crippen molar-refractivity contribution in [3.63, 3.8) is 0 Å². The predicted octanol–water partition coefficient (Wildman–Crippen LogP) is 5.10. The van der Waals surface area contributed by atoms with Gasteiger partial charge in [-0.15, -0.1) is 11.8 Å². The van der Waals surface area contributed by atoms with Crippen LogP contribution in [0.1, 0.15) is 22.8 Å². The van der Waals surface area contributed by atoms with Gasteiger partial charge in [0.25, 0.3) is 5.91 Å². The molecule has 7 heteroatoms. The summed E-state index contributed by atoms with van der Waals surface area (Å²) in [4.78, 5) is 26.0. The number of amides is 2. The molecule has 0 fully saturated rings. The van der Waals surface area contributed by atoms with Crippen LogP contribution in [0.4, 0.5) is 11.4 Å². The van der Waals surface area contributed by atoms with E-state index in [0.717, 1.165) is 10.5 Å². The number of carbonyl (C=O) groups excluding carboxylic acids is 2. The van der Waals surface area contributed by atoms with Crippen molar-refractivity contribution in [3.05, 3.63) is 77.9 Å². The van der Waals surface area contributed by atoms with Crippen molar-refractivity contribution in [1.82, 2.24) is 0 Å². The van der Waals surface area contributed by atoms with E-state index in [-0.39, 0.29) is 23.9 Å². The molecular formula is C24H22N2O4S. The maximum absolute atomic E-state index is 12.6. The van der Waals surface area contributed by atoms with Gasteiger partial charge in [-0.25, -0.2) is 0 Å². The lowest BCUT2D eigenvalue weighted by molar-refractivity contribution is -0.115. The van der Waals surface area contributed by atoms with Crippen molar-refractivity contribution in [3.8, 4) is 11.5 Å². The Kier molecular flexibility index (Phi) is 6.13. The Morgan fingerprint density at radius 3 is 2.52 bits per heavy atom. The molecular weight excluding hydrogens is 412 g/mol. The van der Waals surface area contributed by atoms with E-state index < -0.39 is 0 Å². The highest BCUT2D eigenvalue weighted by Crippen LogP contribution is 2.34. The maximum atomic E-state index is 12.6. The third-order valence-corrected chi connectivity index (χ3v) is 5.79. The van der Waals surface area contributed by atoms with Crippen LogP contribution in [0.5, 0.6) is 11.5 Å². The summed E-state index contributed by atoms with van der Waals surface area (Å²) >= 11 is 1.42. The number of ether oxygens (including phenoxy) is 2. The standard InChI is InChI=1S/C24H22N2O4S/c1-15-5-3-6-17(11-15)24(28)26-18-7-4-8-20(12-18)31-16(2)23(27)25-19-9-10-21-22(13-19)30-14-29-21/h3-13,16H,14H2,1-2H3,(H,25,27)(H,26,28). The Balaban J connectivity index is 1.37. The average Bonchev–Trinajstić information content (AvgIpc) is 3.22. The number of carbonyl (C=O) groups is 2. The Hall–Kier alpha value is -3.45. The van der Waals surface area contributed by atoms with Crippen LogP contribution in [0.25, 0.3) is 0 Å². The number of fused-ring (bicyclic) bond motifs is 1. The largest absolute Gasteiger partial charge is 0.454 e. The van der Waals surface area contributed by atoms with E-state index in [9.17, 15) is 9.59 Å². The summed E-state index contributed by atoms with van der Waals surface area (Å²) in [5.74, 6) is 0.998. The zero-order chi connectivity index (χ0) is 21.8. The topological polar surface area (TPSA) is 76.7 Å². The van der Waals surface area contributed by atoms with Crippen LogP contribution in [0.15, 0.2) is 71.6 Å². The van der Waals surface area contributed by atoms with Crippen molar-refractivity contribution in [1.29, 1.82) is 0 Å². The molecule has 3 aromatic carbocycles. The van der Waals surface area contributed by atoms with Gasteiger partial charge in [-0.2, -0.15) is 0 Å². The fourth-order valence-electron chi connectivity index (χ4n) is 3.11. The first-order chi connectivity index (χ1) is 15.0. The predicted molar refractivity (Wildman–Crippen MR) is 122 cm³/mol. The Labute approximate surface area is 185 Å². The number of aryl methyl sites for hydroxylation is 1. The van der Waals surface area contributed by atoms with Crippen molar-refractivity contribution >= 4 is 35.0 Å². The first-order valence-electron chi connectivity index (χ1n) is 9.83. The summed E-state index contributed by atoms with van der Waals surface area (Å²) in [6.07, 6.45) is 0. The van der Waals surface area contributed by atoms with Crippen LogP contribution < -0.4 is 20.1 Å². The highest BCUT2D eigenvalue weighted by Gasteiger charge is 2.18. The lowest BCUT2D eigenvalue weighted by Crippen LogP contribution is -2.22. The normalized spacial score (nSPS) is 12.8. The highest BCUT2D eigenvalue weighted by molar-refractivity contribution is 8.00. The molecule has 1 heterocycles. The summed E-state index contributed by atoms with van der Waals surface area (Å²) in [6.45, 7) is 3.98. The number of rotatable bonds is 6. The Morgan fingerprint density at radius 1 is 0.903 bits per heavy atom. The number of benzene rings is 3. The molecule has 0 radical (unpaired) electrons. The molecule has 0 saturated carbocycles. The van der Waals surface area contributed by atoms with E-state index in [1.807, 2.05) is 56.3 Å². The monoisotopic (exact) mass is 434 g/mol. The first-order valence-corrected chi connectivity index (χ1v) is 10.7. The summed E-state index contributed by atoms with van der Waals surface area (Å²) in [7, 11) is 0. The lowest BCUT2D eigenvalue weighted by Gasteiger charge is -2.13. The molecule has 3 aromatic rings. The Morgan fingerprint density at radius 2 is 1.68 bits per heavy atom. The van der Waals surface area contributed by atoms with Gasteiger partial charge in [0.05, 0.1) is 5.25 Å². The second-order valence-corrected chi connectivity index (χ2v) is 8.58. The van der Waals surface area contributed by atoms with Crippen LogP contribution in [0.3, 0.4) is 0 Å². The van der Waals surface area contributed by atoms with E-state index in [1.165, 1.54) is 11.8 Å². The van der Waals surface area contributed by atoms with Crippen LogP contribution in [-0.4, -0.2) is 23.9 Å². The highest BCUT2D eigenvalue weighted by atomic mass is 32.2. The van der Waals surface area contributed by atoms with Crippen molar-refractivity contribution in [2.75, 3.05) is 17.4 Å². The molecule has 31 heavy (non-hydrogen) atoms. The molecule has 1 atom stereocenters. The number of thioether (sulfide) groups is 1. The van der Waals surface area contributed by atoms with Crippen LogP contribution in [0, 0.1) is 6.92 Å². The molecule has 4 rings (SSSR count). The van der Waals surface area contributed by atoms with E-state index in [2.05, 4.69) is 10.6 Å². The number of hydrogen-bond acceptors (Lipinski definition) is 5. The molecule has 1 aliphatic rings. The summed E-state index contributed by atoms with van der Waals surface area (Å²) < 4.78 is 10.6. The molecule has 1 aliphatic heterocycles. The molecule has 0 bridgehead atoms. The second kappa shape index (κ2) is 9.14. The maximum Gasteiger partial charge on any atom is 0.255 e. The van der Waals surface area contributed by atoms with E-state index in [0.29, 0.717) is 28.4 Å². The van der Waals surface area contributed by atoms with Gasteiger partial charge in [0, 0.05) is 27.9 Å². The molecule has 0 aromatic heterocycles. The molecule has 2 amide bonds. The minimum Gasteiger partial charge on any atom is -0.454 e. The quantitative estimate of drug-likeness (QED) is 0.528. The van der Waals surface area contributed by atoms with Gasteiger partial charge in [-0.1, -0.05) is 23.8 Å². The molecule has 1 unspecified atom stereocenters. The van der Waals surface area contributed by atoms with Crippen LogP contribution >= 0.6 is 11.8 Å². The molecule has 158 valence electrons. The van der Waals surface area contributed by atoms with Crippen molar-refractivity contribution < 1.29 is 19.1 Å². The first kappa shape index (κ1) is 20.8. The van der Waals surface area contributed by atoms with E-state index in [1.54, 1.807) is 24.3 Å². The number of anilines is 2. The molecule has 0 aliphatic carbocycles. The summed E-state index contributed by atoms with van der Waals surface area (Å²) in [6, 6.07) is 20.2. The zero-order valence-corrected chi connectivity index (χ0v) is 18.0. The third kappa shape index (κ3) is 5.19. The van der Waals surface area contributed by atoms with Gasteiger partial charge >= 0.3 is 0 Å². The third-order valence-electron chi connectivity index (χ3n) is 4.69. The Bertz CT molecular complexity index is 1130. The zero-order valence-electron chi connectivity index (χ0n) is 17.2. The second-order valence-electron chi connectivity index (χ2n) is 7.17.